The lowest BCUT2D eigenvalue weighted by Crippen LogP contribution is -2.13. The van der Waals surface area contributed by atoms with Gasteiger partial charge in [0.2, 0.25) is 5.91 Å². The molecule has 1 amide bonds. The first kappa shape index (κ1) is 18.0. The SMILES string of the molecule is CCCOc1ccc(-c2nnc(SCC(N)=O)n2-c2ccccc2)cc1. The molecule has 134 valence electrons. The minimum Gasteiger partial charge on any atom is -0.494 e. The Labute approximate surface area is 156 Å². The second kappa shape index (κ2) is 8.53. The van der Waals surface area contributed by atoms with E-state index in [9.17, 15) is 4.79 Å². The summed E-state index contributed by atoms with van der Waals surface area (Å²) in [6.07, 6.45) is 0.963. The summed E-state index contributed by atoms with van der Waals surface area (Å²) in [7, 11) is 0. The lowest BCUT2D eigenvalue weighted by Gasteiger charge is -2.10. The van der Waals surface area contributed by atoms with Gasteiger partial charge in [0.1, 0.15) is 5.75 Å². The summed E-state index contributed by atoms with van der Waals surface area (Å²) in [6.45, 7) is 2.76. The van der Waals surface area contributed by atoms with Gasteiger partial charge in [-0.1, -0.05) is 36.9 Å². The molecular weight excluding hydrogens is 348 g/mol. The summed E-state index contributed by atoms with van der Waals surface area (Å²) in [5, 5.41) is 9.20. The van der Waals surface area contributed by atoms with Crippen LogP contribution in [0.15, 0.2) is 59.8 Å². The first-order valence-corrected chi connectivity index (χ1v) is 9.32. The van der Waals surface area contributed by atoms with Gasteiger partial charge in [0, 0.05) is 11.3 Å². The molecule has 3 rings (SSSR count). The van der Waals surface area contributed by atoms with Crippen LogP contribution in [-0.2, 0) is 4.79 Å². The molecule has 1 heterocycles. The quantitative estimate of drug-likeness (QED) is 0.617. The minimum absolute atomic E-state index is 0.148. The monoisotopic (exact) mass is 368 g/mol. The summed E-state index contributed by atoms with van der Waals surface area (Å²) in [5.41, 5.74) is 7.11. The summed E-state index contributed by atoms with van der Waals surface area (Å²) in [6, 6.07) is 17.5. The molecule has 7 heteroatoms. The number of rotatable bonds is 8. The third kappa shape index (κ3) is 4.23. The maximum absolute atomic E-state index is 11.2. The number of para-hydroxylation sites is 1. The van der Waals surface area contributed by atoms with Crippen LogP contribution in [0.25, 0.3) is 17.1 Å². The predicted molar refractivity (Wildman–Crippen MR) is 102 cm³/mol. The predicted octanol–water partition coefficient (Wildman–Crippen LogP) is 3.30. The number of benzene rings is 2. The Morgan fingerprint density at radius 1 is 1.12 bits per heavy atom. The number of carbonyl (C=O) groups excluding carboxylic acids is 1. The van der Waals surface area contributed by atoms with E-state index in [1.165, 1.54) is 11.8 Å². The molecule has 0 saturated heterocycles. The summed E-state index contributed by atoms with van der Waals surface area (Å²) < 4.78 is 7.56. The number of thioether (sulfide) groups is 1. The van der Waals surface area contributed by atoms with Crippen LogP contribution < -0.4 is 10.5 Å². The van der Waals surface area contributed by atoms with Crippen molar-refractivity contribution in [2.75, 3.05) is 12.4 Å². The second-order valence-corrected chi connectivity index (χ2v) is 6.55. The zero-order valence-corrected chi connectivity index (χ0v) is 15.3. The number of carbonyl (C=O) groups is 1. The molecule has 2 aromatic carbocycles. The molecule has 0 bridgehead atoms. The first-order chi connectivity index (χ1) is 12.7. The largest absolute Gasteiger partial charge is 0.494 e. The van der Waals surface area contributed by atoms with Crippen molar-refractivity contribution >= 4 is 17.7 Å². The second-order valence-electron chi connectivity index (χ2n) is 5.60. The molecule has 0 spiro atoms. The van der Waals surface area contributed by atoms with Crippen LogP contribution in [-0.4, -0.2) is 33.0 Å². The van der Waals surface area contributed by atoms with Crippen molar-refractivity contribution in [3.63, 3.8) is 0 Å². The normalized spacial score (nSPS) is 10.7. The standard InChI is InChI=1S/C19H20N4O2S/c1-2-12-25-16-10-8-14(9-11-16)18-21-22-19(26-13-17(20)24)23(18)15-6-4-3-5-7-15/h3-11H,2,12-13H2,1H3,(H2,20,24). The number of ether oxygens (including phenoxy) is 1. The molecule has 0 fully saturated rings. The number of nitrogens with zero attached hydrogens (tertiary/aromatic N) is 3. The van der Waals surface area contributed by atoms with Gasteiger partial charge in [-0.15, -0.1) is 10.2 Å². The number of primary amides is 1. The van der Waals surface area contributed by atoms with E-state index in [0.717, 1.165) is 23.4 Å². The Hall–Kier alpha value is -2.80. The Morgan fingerprint density at radius 3 is 2.50 bits per heavy atom. The molecule has 0 saturated carbocycles. The highest BCUT2D eigenvalue weighted by atomic mass is 32.2. The number of hydrogen-bond acceptors (Lipinski definition) is 5. The van der Waals surface area contributed by atoms with Crippen molar-refractivity contribution in [2.24, 2.45) is 5.73 Å². The summed E-state index contributed by atoms with van der Waals surface area (Å²) >= 11 is 1.27. The summed E-state index contributed by atoms with van der Waals surface area (Å²) in [4.78, 5) is 11.2. The van der Waals surface area contributed by atoms with Crippen molar-refractivity contribution in [3.8, 4) is 22.8 Å². The minimum atomic E-state index is -0.392. The van der Waals surface area contributed by atoms with Crippen molar-refractivity contribution < 1.29 is 9.53 Å². The Bertz CT molecular complexity index is 863. The highest BCUT2D eigenvalue weighted by molar-refractivity contribution is 7.99. The number of amides is 1. The Kier molecular flexibility index (Phi) is 5.91. The van der Waals surface area contributed by atoms with Crippen molar-refractivity contribution in [3.05, 3.63) is 54.6 Å². The topological polar surface area (TPSA) is 83.0 Å². The summed E-state index contributed by atoms with van der Waals surface area (Å²) in [5.74, 6) is 1.28. The molecule has 3 aromatic rings. The number of nitrogens with two attached hydrogens (primary N) is 1. The Morgan fingerprint density at radius 2 is 1.85 bits per heavy atom. The van der Waals surface area contributed by atoms with Gasteiger partial charge >= 0.3 is 0 Å². The van der Waals surface area contributed by atoms with Gasteiger partial charge in [-0.25, -0.2) is 0 Å². The average molecular weight is 368 g/mol. The van der Waals surface area contributed by atoms with Crippen LogP contribution in [0.3, 0.4) is 0 Å². The van der Waals surface area contributed by atoms with E-state index in [-0.39, 0.29) is 5.75 Å². The lowest BCUT2D eigenvalue weighted by molar-refractivity contribution is -0.115. The van der Waals surface area contributed by atoms with Crippen LogP contribution in [0, 0.1) is 0 Å². The van der Waals surface area contributed by atoms with Crippen molar-refractivity contribution in [1.82, 2.24) is 14.8 Å². The molecule has 2 N–H and O–H groups in total. The van der Waals surface area contributed by atoms with Gasteiger partial charge in [0.25, 0.3) is 0 Å². The van der Waals surface area contributed by atoms with Gasteiger partial charge in [-0.05, 0) is 42.8 Å². The molecule has 0 atom stereocenters. The number of hydrogen-bond donors (Lipinski definition) is 1. The molecule has 0 aliphatic heterocycles. The third-order valence-electron chi connectivity index (χ3n) is 3.58. The van der Waals surface area contributed by atoms with Crippen molar-refractivity contribution in [2.45, 2.75) is 18.5 Å². The maximum atomic E-state index is 11.2. The van der Waals surface area contributed by atoms with E-state index in [2.05, 4.69) is 17.1 Å². The fraction of sp³-hybridized carbons (Fsp3) is 0.211. The van der Waals surface area contributed by atoms with E-state index in [1.807, 2.05) is 59.2 Å². The van der Waals surface area contributed by atoms with Gasteiger partial charge < -0.3 is 10.5 Å². The zero-order valence-electron chi connectivity index (χ0n) is 14.5. The van der Waals surface area contributed by atoms with Gasteiger partial charge in [-0.3, -0.25) is 9.36 Å². The van der Waals surface area contributed by atoms with Crippen LogP contribution in [0.1, 0.15) is 13.3 Å². The zero-order chi connectivity index (χ0) is 18.4. The van der Waals surface area contributed by atoms with E-state index in [4.69, 9.17) is 10.5 Å². The first-order valence-electron chi connectivity index (χ1n) is 8.34. The van der Waals surface area contributed by atoms with E-state index in [1.54, 1.807) is 0 Å². The van der Waals surface area contributed by atoms with Gasteiger partial charge in [0.05, 0.1) is 12.4 Å². The molecule has 26 heavy (non-hydrogen) atoms. The van der Waals surface area contributed by atoms with Crippen LogP contribution >= 0.6 is 11.8 Å². The fourth-order valence-corrected chi connectivity index (χ4v) is 3.11. The molecule has 0 aliphatic rings. The lowest BCUT2D eigenvalue weighted by atomic mass is 10.2. The highest BCUT2D eigenvalue weighted by Crippen LogP contribution is 2.28. The van der Waals surface area contributed by atoms with Crippen LogP contribution in [0.4, 0.5) is 0 Å². The molecule has 6 nitrogen and oxygen atoms in total. The van der Waals surface area contributed by atoms with E-state index >= 15 is 0 Å². The Balaban J connectivity index is 1.97. The molecule has 0 aliphatic carbocycles. The van der Waals surface area contributed by atoms with Crippen LogP contribution in [0.2, 0.25) is 0 Å². The van der Waals surface area contributed by atoms with Crippen LogP contribution in [0.5, 0.6) is 5.75 Å². The van der Waals surface area contributed by atoms with E-state index in [0.29, 0.717) is 17.6 Å². The molecule has 1 aromatic heterocycles. The van der Waals surface area contributed by atoms with Crippen molar-refractivity contribution in [1.29, 1.82) is 0 Å². The molecule has 0 unspecified atom stereocenters. The average Bonchev–Trinajstić information content (AvgIpc) is 3.09. The van der Waals surface area contributed by atoms with E-state index < -0.39 is 5.91 Å². The smallest absolute Gasteiger partial charge is 0.227 e. The fourth-order valence-electron chi connectivity index (χ4n) is 2.42. The van der Waals surface area contributed by atoms with Gasteiger partial charge in [0.15, 0.2) is 11.0 Å². The number of aromatic nitrogens is 3. The molecular formula is C19H20N4O2S. The molecule has 0 radical (unpaired) electrons. The highest BCUT2D eigenvalue weighted by Gasteiger charge is 2.16. The third-order valence-corrected chi connectivity index (χ3v) is 4.53. The maximum Gasteiger partial charge on any atom is 0.227 e. The van der Waals surface area contributed by atoms with Gasteiger partial charge in [-0.2, -0.15) is 0 Å².